The van der Waals surface area contributed by atoms with Gasteiger partial charge in [0.15, 0.2) is 5.78 Å². The molecule has 2 fully saturated rings. The first-order valence-electron chi connectivity index (χ1n) is 10.1. The van der Waals surface area contributed by atoms with E-state index in [1.807, 2.05) is 20.8 Å². The van der Waals surface area contributed by atoms with Crippen LogP contribution in [0.25, 0.3) is 0 Å². The van der Waals surface area contributed by atoms with Crippen molar-refractivity contribution in [2.75, 3.05) is 59.0 Å². The van der Waals surface area contributed by atoms with Gasteiger partial charge in [-0.25, -0.2) is 0 Å². The molecule has 2 aliphatic heterocycles. The maximum atomic E-state index is 12.2. The Morgan fingerprint density at radius 1 is 1.00 bits per heavy atom. The molecule has 0 bridgehead atoms. The van der Waals surface area contributed by atoms with Crippen molar-refractivity contribution in [2.45, 2.75) is 59.6 Å². The second kappa shape index (κ2) is 9.45. The number of Topliss-reactive ketones (excluding diaryl/α,β-unsaturated/α-hetero) is 1. The molecule has 0 radical (unpaired) electrons. The van der Waals surface area contributed by atoms with Crippen molar-refractivity contribution in [3.63, 3.8) is 0 Å². The smallest absolute Gasteiger partial charge is 0.152 e. The highest BCUT2D eigenvalue weighted by molar-refractivity contribution is 5.85. The summed E-state index contributed by atoms with van der Waals surface area (Å²) in [4.78, 5) is 19.7. The number of likely N-dealkylation sites (tertiary alicyclic amines) is 1. The van der Waals surface area contributed by atoms with Crippen LogP contribution < -0.4 is 0 Å². The van der Waals surface area contributed by atoms with Gasteiger partial charge in [0.2, 0.25) is 0 Å². The summed E-state index contributed by atoms with van der Waals surface area (Å²) in [6.45, 7) is 19.4. The van der Waals surface area contributed by atoms with Crippen LogP contribution in [0.2, 0.25) is 0 Å². The van der Waals surface area contributed by atoms with E-state index in [1.54, 1.807) is 0 Å². The average molecular weight is 354 g/mol. The maximum absolute atomic E-state index is 12.2. The van der Waals surface area contributed by atoms with E-state index in [1.165, 1.54) is 25.9 Å². The fourth-order valence-electron chi connectivity index (χ4n) is 3.65. The van der Waals surface area contributed by atoms with Gasteiger partial charge in [0.05, 0.1) is 19.3 Å². The zero-order valence-electron chi connectivity index (χ0n) is 17.1. The highest BCUT2D eigenvalue weighted by Gasteiger charge is 2.29. The zero-order valence-corrected chi connectivity index (χ0v) is 17.1. The highest BCUT2D eigenvalue weighted by Crippen LogP contribution is 2.20. The molecule has 5 heteroatoms. The van der Waals surface area contributed by atoms with Crippen LogP contribution in [-0.4, -0.2) is 91.6 Å². The standard InChI is InChI=1S/C20H39N3O2/c1-17(2)25-15-14-21-8-6-18(7-9-21)23-12-10-22(11-13-23)16-19(24)20(3,4)5/h17-18H,6-16H2,1-5H3. The molecule has 5 nitrogen and oxygen atoms in total. The summed E-state index contributed by atoms with van der Waals surface area (Å²) in [5.41, 5.74) is -0.219. The SMILES string of the molecule is CC(C)OCCN1CCC(N2CCN(CC(=O)C(C)(C)C)CC2)CC1. The van der Waals surface area contributed by atoms with Crippen molar-refractivity contribution in [1.29, 1.82) is 0 Å². The lowest BCUT2D eigenvalue weighted by Gasteiger charge is -2.43. The summed E-state index contributed by atoms with van der Waals surface area (Å²) in [7, 11) is 0. The molecule has 2 saturated heterocycles. The molecule has 0 atom stereocenters. The molecule has 0 amide bonds. The van der Waals surface area contributed by atoms with E-state index in [-0.39, 0.29) is 5.41 Å². The van der Waals surface area contributed by atoms with E-state index < -0.39 is 0 Å². The summed E-state index contributed by atoms with van der Waals surface area (Å²) < 4.78 is 5.67. The average Bonchev–Trinajstić information content (AvgIpc) is 2.55. The van der Waals surface area contributed by atoms with Crippen LogP contribution in [0.15, 0.2) is 0 Å². The number of ether oxygens (including phenoxy) is 1. The van der Waals surface area contributed by atoms with Gasteiger partial charge < -0.3 is 9.64 Å². The van der Waals surface area contributed by atoms with E-state index >= 15 is 0 Å². The van der Waals surface area contributed by atoms with Gasteiger partial charge >= 0.3 is 0 Å². The summed E-state index contributed by atoms with van der Waals surface area (Å²) in [5, 5.41) is 0. The van der Waals surface area contributed by atoms with Crippen LogP contribution in [0.1, 0.15) is 47.5 Å². The number of hydrogen-bond donors (Lipinski definition) is 0. The molecule has 0 aromatic carbocycles. The van der Waals surface area contributed by atoms with Gasteiger partial charge in [0.25, 0.3) is 0 Å². The molecule has 2 rings (SSSR count). The molecule has 2 aliphatic rings. The number of carbonyl (C=O) groups excluding carboxylic acids is 1. The Labute approximate surface area is 154 Å². The van der Waals surface area contributed by atoms with Crippen molar-refractivity contribution in [3.05, 3.63) is 0 Å². The largest absolute Gasteiger partial charge is 0.377 e. The third kappa shape index (κ3) is 6.97. The fraction of sp³-hybridized carbons (Fsp3) is 0.950. The van der Waals surface area contributed by atoms with E-state index in [0.717, 1.165) is 45.4 Å². The van der Waals surface area contributed by atoms with Crippen LogP contribution in [0.5, 0.6) is 0 Å². The number of ketones is 1. The van der Waals surface area contributed by atoms with Gasteiger partial charge in [-0.05, 0) is 39.8 Å². The van der Waals surface area contributed by atoms with Crippen molar-refractivity contribution in [2.24, 2.45) is 5.41 Å². The van der Waals surface area contributed by atoms with Crippen molar-refractivity contribution in [3.8, 4) is 0 Å². The molecular formula is C20H39N3O2. The van der Waals surface area contributed by atoms with E-state index in [0.29, 0.717) is 18.4 Å². The van der Waals surface area contributed by atoms with Gasteiger partial charge in [-0.15, -0.1) is 0 Å². The highest BCUT2D eigenvalue weighted by atomic mass is 16.5. The molecule has 0 spiro atoms. The lowest BCUT2D eigenvalue weighted by atomic mass is 9.90. The third-order valence-electron chi connectivity index (χ3n) is 5.54. The molecule has 2 heterocycles. The second-order valence-corrected chi connectivity index (χ2v) is 8.98. The molecule has 0 aliphatic carbocycles. The van der Waals surface area contributed by atoms with Crippen LogP contribution in [-0.2, 0) is 9.53 Å². The number of rotatable bonds is 7. The fourth-order valence-corrected chi connectivity index (χ4v) is 3.65. The Bertz CT molecular complexity index is 404. The Morgan fingerprint density at radius 3 is 2.12 bits per heavy atom. The Hall–Kier alpha value is -0.490. The molecule has 0 saturated carbocycles. The third-order valence-corrected chi connectivity index (χ3v) is 5.54. The number of nitrogens with zero attached hydrogens (tertiary/aromatic N) is 3. The first-order valence-corrected chi connectivity index (χ1v) is 10.1. The zero-order chi connectivity index (χ0) is 18.4. The summed E-state index contributed by atoms with van der Waals surface area (Å²) in [5.74, 6) is 0.359. The predicted molar refractivity (Wildman–Crippen MR) is 103 cm³/mol. The van der Waals surface area contributed by atoms with Gasteiger partial charge in [-0.2, -0.15) is 0 Å². The monoisotopic (exact) mass is 353 g/mol. The predicted octanol–water partition coefficient (Wildman–Crippen LogP) is 2.11. The van der Waals surface area contributed by atoms with E-state index in [4.69, 9.17) is 4.74 Å². The van der Waals surface area contributed by atoms with Crippen LogP contribution in [0.3, 0.4) is 0 Å². The van der Waals surface area contributed by atoms with E-state index in [2.05, 4.69) is 28.5 Å². The minimum atomic E-state index is -0.219. The minimum absolute atomic E-state index is 0.219. The molecule has 0 unspecified atom stereocenters. The molecular weight excluding hydrogens is 314 g/mol. The molecule has 0 N–H and O–H groups in total. The van der Waals surface area contributed by atoms with Gasteiger partial charge in [0.1, 0.15) is 0 Å². The van der Waals surface area contributed by atoms with Crippen LogP contribution >= 0.6 is 0 Å². The summed E-state index contributed by atoms with van der Waals surface area (Å²) >= 11 is 0. The normalized spacial score (nSPS) is 22.6. The Balaban J connectivity index is 1.64. The number of hydrogen-bond acceptors (Lipinski definition) is 5. The molecule has 146 valence electrons. The maximum Gasteiger partial charge on any atom is 0.152 e. The number of carbonyl (C=O) groups is 1. The number of piperazine rings is 1. The van der Waals surface area contributed by atoms with Crippen LogP contribution in [0.4, 0.5) is 0 Å². The van der Waals surface area contributed by atoms with Crippen LogP contribution in [0, 0.1) is 5.41 Å². The topological polar surface area (TPSA) is 36.0 Å². The van der Waals surface area contributed by atoms with Crippen molar-refractivity contribution in [1.82, 2.24) is 14.7 Å². The second-order valence-electron chi connectivity index (χ2n) is 8.98. The first-order chi connectivity index (χ1) is 11.8. The minimum Gasteiger partial charge on any atom is -0.377 e. The first kappa shape index (κ1) is 20.8. The van der Waals surface area contributed by atoms with Crippen molar-refractivity contribution >= 4 is 5.78 Å². The summed E-state index contributed by atoms with van der Waals surface area (Å²) in [6, 6.07) is 0.725. The summed E-state index contributed by atoms with van der Waals surface area (Å²) in [6.07, 6.45) is 2.87. The van der Waals surface area contributed by atoms with Gasteiger partial charge in [0, 0.05) is 44.2 Å². The lowest BCUT2D eigenvalue weighted by molar-refractivity contribution is -0.128. The van der Waals surface area contributed by atoms with Gasteiger partial charge in [-0.3, -0.25) is 14.6 Å². The number of piperidine rings is 1. The Kier molecular flexibility index (Phi) is 7.87. The molecule has 0 aromatic heterocycles. The molecule has 0 aromatic rings. The lowest BCUT2D eigenvalue weighted by Crippen LogP contribution is -2.54. The molecule has 25 heavy (non-hydrogen) atoms. The van der Waals surface area contributed by atoms with E-state index in [9.17, 15) is 4.79 Å². The van der Waals surface area contributed by atoms with Gasteiger partial charge in [-0.1, -0.05) is 20.8 Å². The quantitative estimate of drug-likeness (QED) is 0.701. The van der Waals surface area contributed by atoms with Crippen molar-refractivity contribution < 1.29 is 9.53 Å². The Morgan fingerprint density at radius 2 is 1.60 bits per heavy atom.